The Morgan fingerprint density at radius 1 is 0.789 bits per heavy atom. The van der Waals surface area contributed by atoms with Crippen molar-refractivity contribution < 1.29 is 51.7 Å². The number of carbonyl (C=O) groups excluding carboxylic acids is 2. The van der Waals surface area contributed by atoms with Crippen LogP contribution in [0.15, 0.2) is 0 Å². The highest BCUT2D eigenvalue weighted by Gasteiger charge is 2.50. The van der Waals surface area contributed by atoms with E-state index < -0.39 is 48.6 Å². The van der Waals surface area contributed by atoms with E-state index in [1.165, 1.54) is 0 Å². The van der Waals surface area contributed by atoms with Crippen LogP contribution in [0, 0.1) is 0 Å². The van der Waals surface area contributed by atoms with Crippen LogP contribution in [-0.4, -0.2) is 45.9 Å². The first-order valence-corrected chi connectivity index (χ1v) is 4.34. The molecule has 0 aromatic rings. The van der Waals surface area contributed by atoms with Crippen molar-refractivity contribution in [2.75, 3.05) is 0 Å². The molecule has 0 saturated carbocycles. The maximum absolute atomic E-state index is 12.7. The van der Waals surface area contributed by atoms with Gasteiger partial charge in [0.15, 0.2) is 0 Å². The van der Waals surface area contributed by atoms with E-state index in [1.807, 2.05) is 0 Å². The quantitative estimate of drug-likeness (QED) is 0.409. The third-order valence-corrected chi connectivity index (χ3v) is 1.53. The fourth-order valence-corrected chi connectivity index (χ4v) is 0.758. The maximum atomic E-state index is 12.7. The van der Waals surface area contributed by atoms with E-state index in [2.05, 4.69) is 4.74 Å². The molecule has 0 aliphatic carbocycles. The smallest absolute Gasteiger partial charge is 0.385 e. The molecule has 0 bridgehead atoms. The van der Waals surface area contributed by atoms with E-state index in [-0.39, 0.29) is 0 Å². The van der Waals surface area contributed by atoms with Gasteiger partial charge in [0.05, 0.1) is 0 Å². The molecule has 0 aliphatic rings. The third kappa shape index (κ3) is 5.31. The van der Waals surface area contributed by atoms with Crippen molar-refractivity contribution in [3.63, 3.8) is 0 Å². The predicted molar refractivity (Wildman–Crippen MR) is 45.5 cm³/mol. The van der Waals surface area contributed by atoms with Gasteiger partial charge < -0.3 is 14.9 Å². The summed E-state index contributed by atoms with van der Waals surface area (Å²) in [5.74, 6) is -19.3. The maximum Gasteiger partial charge on any atom is 0.385 e. The Bertz CT molecular complexity index is 379. The number of carbonyl (C=O) groups is 4. The molecule has 0 aromatic heterocycles. The van der Waals surface area contributed by atoms with Crippen LogP contribution in [-0.2, 0) is 23.9 Å². The lowest BCUT2D eigenvalue weighted by atomic mass is 10.2. The molecule has 19 heavy (non-hydrogen) atoms. The van der Waals surface area contributed by atoms with Crippen LogP contribution in [0.2, 0.25) is 0 Å². The molecule has 108 valence electrons. The molecule has 0 aromatic carbocycles. The topological polar surface area (TPSA) is 118 Å². The summed E-state index contributed by atoms with van der Waals surface area (Å²) in [6.45, 7) is 0. The van der Waals surface area contributed by atoms with Gasteiger partial charge in [0.2, 0.25) is 0 Å². The van der Waals surface area contributed by atoms with Crippen LogP contribution >= 0.6 is 0 Å². The van der Waals surface area contributed by atoms with Crippen molar-refractivity contribution in [3.8, 4) is 0 Å². The number of rotatable bonds is 6. The number of carboxylic acid groups (broad SMARTS) is 2. The molecule has 0 saturated heterocycles. The Morgan fingerprint density at radius 3 is 1.26 bits per heavy atom. The normalized spacial score (nSPS) is 11.8. The van der Waals surface area contributed by atoms with Gasteiger partial charge in [-0.3, -0.25) is 9.59 Å². The first-order chi connectivity index (χ1) is 8.38. The van der Waals surface area contributed by atoms with E-state index in [1.54, 1.807) is 0 Å². The van der Waals surface area contributed by atoms with Crippen LogP contribution in [0.1, 0.15) is 12.8 Å². The van der Waals surface area contributed by atoms with E-state index >= 15 is 0 Å². The highest BCUT2D eigenvalue weighted by molar-refractivity contribution is 5.95. The van der Waals surface area contributed by atoms with Gasteiger partial charge in [0.1, 0.15) is 12.8 Å². The van der Waals surface area contributed by atoms with Crippen molar-refractivity contribution in [2.45, 2.75) is 24.7 Å². The van der Waals surface area contributed by atoms with Crippen molar-refractivity contribution in [1.82, 2.24) is 0 Å². The summed E-state index contributed by atoms with van der Waals surface area (Å²) in [7, 11) is 0. The molecule has 0 heterocycles. The Morgan fingerprint density at radius 2 is 1.05 bits per heavy atom. The van der Waals surface area contributed by atoms with Crippen molar-refractivity contribution >= 4 is 23.9 Å². The number of aliphatic carboxylic acids is 2. The van der Waals surface area contributed by atoms with Crippen molar-refractivity contribution in [3.05, 3.63) is 0 Å². The molecule has 0 unspecified atom stereocenters. The van der Waals surface area contributed by atoms with Crippen LogP contribution in [0.3, 0.4) is 0 Å². The molecule has 11 heteroatoms. The summed E-state index contributed by atoms with van der Waals surface area (Å²) in [4.78, 5) is 41.1. The largest absolute Gasteiger partial charge is 0.481 e. The Kier molecular flexibility index (Phi) is 4.98. The minimum Gasteiger partial charge on any atom is -0.481 e. The van der Waals surface area contributed by atoms with Crippen LogP contribution in [0.5, 0.6) is 0 Å². The Hall–Kier alpha value is -2.20. The molecule has 2 N–H and O–H groups in total. The summed E-state index contributed by atoms with van der Waals surface area (Å²) >= 11 is 0. The molecule has 0 fully saturated rings. The van der Waals surface area contributed by atoms with Gasteiger partial charge in [0, 0.05) is 0 Å². The average Bonchev–Trinajstić information content (AvgIpc) is 2.12. The van der Waals surface area contributed by atoms with E-state index in [0.717, 1.165) is 0 Å². The SMILES string of the molecule is O=C(O)CC(F)(F)C(=O)OC(=O)C(F)(F)CC(=O)O. The second-order valence-corrected chi connectivity index (χ2v) is 3.23. The molecule has 0 aliphatic heterocycles. The summed E-state index contributed by atoms with van der Waals surface area (Å²) in [6.07, 6.45) is -4.13. The predicted octanol–water partition coefficient (Wildman–Crippen LogP) is 0.276. The highest BCUT2D eigenvalue weighted by Crippen LogP contribution is 2.24. The lowest BCUT2D eigenvalue weighted by Gasteiger charge is -2.15. The minimum absolute atomic E-state index is 2.07. The van der Waals surface area contributed by atoms with E-state index in [9.17, 15) is 36.7 Å². The van der Waals surface area contributed by atoms with Crippen molar-refractivity contribution in [1.29, 1.82) is 0 Å². The highest BCUT2D eigenvalue weighted by atomic mass is 19.3. The molecule has 0 radical (unpaired) electrons. The van der Waals surface area contributed by atoms with Gasteiger partial charge in [-0.15, -0.1) is 0 Å². The third-order valence-electron chi connectivity index (χ3n) is 1.53. The van der Waals surface area contributed by atoms with E-state index in [0.29, 0.717) is 0 Å². The molecule has 0 spiro atoms. The first kappa shape index (κ1) is 16.8. The minimum atomic E-state index is -4.69. The van der Waals surface area contributed by atoms with Gasteiger partial charge >= 0.3 is 35.7 Å². The van der Waals surface area contributed by atoms with Crippen LogP contribution < -0.4 is 0 Å². The van der Waals surface area contributed by atoms with Gasteiger partial charge in [-0.05, 0) is 0 Å². The number of carboxylic acids is 2. The number of alkyl halides is 4. The first-order valence-electron chi connectivity index (χ1n) is 4.34. The Labute approximate surface area is 101 Å². The zero-order valence-corrected chi connectivity index (χ0v) is 8.86. The summed E-state index contributed by atoms with van der Waals surface area (Å²) in [5.41, 5.74) is 0. The molecule has 0 amide bonds. The Balaban J connectivity index is 4.77. The molecule has 0 rings (SSSR count). The second-order valence-electron chi connectivity index (χ2n) is 3.23. The summed E-state index contributed by atoms with van der Waals surface area (Å²) in [5, 5.41) is 16.0. The summed E-state index contributed by atoms with van der Waals surface area (Å²) in [6, 6.07) is 0. The number of ether oxygens (including phenoxy) is 1. The zero-order chi connectivity index (χ0) is 15.4. The van der Waals surface area contributed by atoms with Gasteiger partial charge in [-0.25, -0.2) is 9.59 Å². The zero-order valence-electron chi connectivity index (χ0n) is 8.86. The standard InChI is InChI=1S/C8H6F4O7/c9-7(10,1-3(13)14)5(17)19-6(18)8(11,12)2-4(15)16/h1-2H2,(H,13,14)(H,15,16). The molecular weight excluding hydrogens is 284 g/mol. The van der Waals surface area contributed by atoms with Crippen LogP contribution in [0.25, 0.3) is 0 Å². The molecular formula is C8H6F4O7. The number of hydrogen-bond donors (Lipinski definition) is 2. The van der Waals surface area contributed by atoms with Crippen LogP contribution in [0.4, 0.5) is 17.6 Å². The van der Waals surface area contributed by atoms with Gasteiger partial charge in [-0.2, -0.15) is 17.6 Å². The van der Waals surface area contributed by atoms with Crippen molar-refractivity contribution in [2.24, 2.45) is 0 Å². The lowest BCUT2D eigenvalue weighted by molar-refractivity contribution is -0.196. The monoisotopic (exact) mass is 290 g/mol. The van der Waals surface area contributed by atoms with Gasteiger partial charge in [-0.1, -0.05) is 0 Å². The average molecular weight is 290 g/mol. The molecule has 7 nitrogen and oxygen atoms in total. The molecule has 0 atom stereocenters. The fourth-order valence-electron chi connectivity index (χ4n) is 0.758. The fraction of sp³-hybridized carbons (Fsp3) is 0.500. The number of halogens is 4. The van der Waals surface area contributed by atoms with E-state index in [4.69, 9.17) is 10.2 Å². The summed E-state index contributed by atoms with van der Waals surface area (Å²) < 4.78 is 53.9. The number of esters is 2. The lowest BCUT2D eigenvalue weighted by Crippen LogP contribution is -2.40. The van der Waals surface area contributed by atoms with Gasteiger partial charge in [0.25, 0.3) is 0 Å². The number of hydrogen-bond acceptors (Lipinski definition) is 5. The second kappa shape index (κ2) is 5.63.